The van der Waals surface area contributed by atoms with E-state index in [1.807, 2.05) is 0 Å². The number of hydrogen-bond donors (Lipinski definition) is 0. The van der Waals surface area contributed by atoms with Crippen molar-refractivity contribution in [2.24, 2.45) is 0 Å². The summed E-state index contributed by atoms with van der Waals surface area (Å²) in [6.45, 7) is 0. The van der Waals surface area contributed by atoms with Crippen LogP contribution in [0.2, 0.25) is 15.1 Å². The fourth-order valence-electron chi connectivity index (χ4n) is 1.41. The van der Waals surface area contributed by atoms with E-state index in [0.29, 0.717) is 10.6 Å². The normalized spacial score (nSPS) is 10.3. The van der Waals surface area contributed by atoms with Crippen molar-refractivity contribution in [3.8, 4) is 0 Å². The van der Waals surface area contributed by atoms with Gasteiger partial charge in [-0.3, -0.25) is 0 Å². The van der Waals surface area contributed by atoms with E-state index in [1.165, 1.54) is 12.1 Å². The molecule has 2 rings (SSSR count). The summed E-state index contributed by atoms with van der Waals surface area (Å²) in [5.74, 6) is -0.423. The Morgan fingerprint density at radius 3 is 1.95 bits per heavy atom. The lowest BCUT2D eigenvalue weighted by molar-refractivity contribution is 0.462. The second-order valence-electron chi connectivity index (χ2n) is 4.01. The van der Waals surface area contributed by atoms with Crippen LogP contribution in [0.4, 0.5) is 5.69 Å². The number of hydrogen-bond acceptors (Lipinski definition) is 4. The number of nitrogens with zero attached hydrogens (tertiary/aromatic N) is 2. The van der Waals surface area contributed by atoms with Crippen LogP contribution in [0.15, 0.2) is 42.5 Å². The Bertz CT molecular complexity index is 767. The van der Waals surface area contributed by atoms with E-state index in [9.17, 15) is 13.0 Å². The van der Waals surface area contributed by atoms with Crippen LogP contribution in [0.5, 0.6) is 0 Å². The highest BCUT2D eigenvalue weighted by atomic mass is 35.5. The summed E-state index contributed by atoms with van der Waals surface area (Å²) in [6, 6.07) is 11.3. The molecule has 0 N–H and O–H groups in total. The van der Waals surface area contributed by atoms with Crippen LogP contribution in [0, 0.1) is 5.39 Å². The molecule has 0 aliphatic rings. The summed E-state index contributed by atoms with van der Waals surface area (Å²) in [4.78, 5) is 2.89. The van der Waals surface area contributed by atoms with E-state index >= 15 is 0 Å². The second kappa shape index (κ2) is 8.32. The Labute approximate surface area is 142 Å². The molecule has 0 saturated heterocycles. The summed E-state index contributed by atoms with van der Waals surface area (Å²) in [5, 5.41) is 9.27. The van der Waals surface area contributed by atoms with Crippen LogP contribution < -0.4 is 0 Å². The van der Waals surface area contributed by atoms with Gasteiger partial charge in [-0.1, -0.05) is 65.1 Å². The molecule has 0 heterocycles. The lowest BCUT2D eigenvalue weighted by Crippen LogP contribution is -2.01. The van der Waals surface area contributed by atoms with E-state index < -0.39 is 15.9 Å². The maximum atomic E-state index is 10.2. The van der Waals surface area contributed by atoms with Crippen LogP contribution in [0.3, 0.4) is 0 Å². The zero-order chi connectivity index (χ0) is 16.8. The number of halogens is 3. The average Bonchev–Trinajstić information content (AvgIpc) is 2.38. The van der Waals surface area contributed by atoms with E-state index in [1.54, 1.807) is 30.3 Å². The van der Waals surface area contributed by atoms with Gasteiger partial charge in [-0.05, 0) is 17.7 Å². The van der Waals surface area contributed by atoms with Crippen LogP contribution in [-0.4, -0.2) is 13.0 Å². The van der Waals surface area contributed by atoms with Crippen molar-refractivity contribution in [2.45, 2.75) is 5.75 Å². The molecule has 0 aliphatic heterocycles. The van der Waals surface area contributed by atoms with Crippen LogP contribution >= 0.6 is 34.8 Å². The standard InChI is InChI=1S/C7H8O3S.C6H2Cl3N2/c8-11(9,10)6-7-4-2-1-3-5-7;7-3-1-4(8)6(11-10)5(9)2-3/h1-5H,6H2,(H,8,9,10);1-2H/q;+1/p-1. The van der Waals surface area contributed by atoms with Crippen LogP contribution in [-0.2, 0) is 15.9 Å². The lowest BCUT2D eigenvalue weighted by Gasteiger charge is -2.05. The smallest absolute Gasteiger partial charge is 0.421 e. The van der Waals surface area contributed by atoms with Gasteiger partial charge in [0.1, 0.15) is 10.0 Å². The van der Waals surface area contributed by atoms with Crippen LogP contribution in [0.1, 0.15) is 5.56 Å². The topological polar surface area (TPSA) is 85.3 Å². The van der Waals surface area contributed by atoms with E-state index in [2.05, 4.69) is 4.98 Å². The van der Waals surface area contributed by atoms with Gasteiger partial charge in [0.15, 0.2) is 4.98 Å². The van der Waals surface area contributed by atoms with E-state index in [0.717, 1.165) is 0 Å². The molecule has 0 radical (unpaired) electrons. The summed E-state index contributed by atoms with van der Waals surface area (Å²) >= 11 is 16.8. The monoisotopic (exact) mass is 378 g/mol. The zero-order valence-electron chi connectivity index (χ0n) is 10.9. The molecule has 0 bridgehead atoms. The third kappa shape index (κ3) is 6.60. The van der Waals surface area contributed by atoms with Crippen LogP contribution in [0.25, 0.3) is 4.98 Å². The minimum absolute atomic E-state index is 0.137. The molecule has 22 heavy (non-hydrogen) atoms. The van der Waals surface area contributed by atoms with Gasteiger partial charge in [0.2, 0.25) is 5.39 Å². The summed E-state index contributed by atoms with van der Waals surface area (Å²) in [6.07, 6.45) is 0. The predicted octanol–water partition coefficient (Wildman–Crippen LogP) is 4.86. The SMILES string of the molecule is N#[N+]c1c(Cl)cc(Cl)cc1Cl.O=S(=O)([O-])Cc1ccccc1. The molecule has 0 fully saturated rings. The average molecular weight is 380 g/mol. The summed E-state index contributed by atoms with van der Waals surface area (Å²) < 4.78 is 30.7. The van der Waals surface area contributed by atoms with E-state index in [4.69, 9.17) is 40.2 Å². The highest BCUT2D eigenvalue weighted by Crippen LogP contribution is 2.35. The molecular weight excluding hydrogens is 371 g/mol. The first-order valence-electron chi connectivity index (χ1n) is 5.70. The minimum atomic E-state index is -4.13. The zero-order valence-corrected chi connectivity index (χ0v) is 14.0. The van der Waals surface area contributed by atoms with Gasteiger partial charge < -0.3 is 4.55 Å². The van der Waals surface area contributed by atoms with Gasteiger partial charge in [0, 0.05) is 5.02 Å². The Balaban J connectivity index is 0.000000220. The van der Waals surface area contributed by atoms with Gasteiger partial charge in [-0.15, -0.1) is 0 Å². The highest BCUT2D eigenvalue weighted by molar-refractivity contribution is 7.84. The molecule has 0 aliphatic carbocycles. The molecular formula is C13H9Cl3N2O3S. The van der Waals surface area contributed by atoms with Crippen molar-refractivity contribution in [3.05, 3.63) is 68.1 Å². The molecule has 2 aromatic carbocycles. The molecule has 0 amide bonds. The van der Waals surface area contributed by atoms with Crippen molar-refractivity contribution in [1.82, 2.24) is 0 Å². The van der Waals surface area contributed by atoms with Crippen molar-refractivity contribution >= 4 is 50.6 Å². The largest absolute Gasteiger partial charge is 0.748 e. The third-order valence-corrected chi connectivity index (χ3v) is 3.75. The Kier molecular flexibility index (Phi) is 7.07. The minimum Gasteiger partial charge on any atom is -0.748 e. The first-order valence-corrected chi connectivity index (χ1v) is 8.41. The van der Waals surface area contributed by atoms with Gasteiger partial charge in [-0.25, -0.2) is 8.42 Å². The summed E-state index contributed by atoms with van der Waals surface area (Å²) in [5.41, 5.74) is 0.667. The first-order chi connectivity index (χ1) is 10.2. The molecule has 0 unspecified atom stereocenters. The fourth-order valence-corrected chi connectivity index (χ4v) is 2.90. The second-order valence-corrected chi connectivity index (χ2v) is 6.66. The molecule has 9 heteroatoms. The molecule has 5 nitrogen and oxygen atoms in total. The van der Waals surface area contributed by atoms with Gasteiger partial charge in [-0.2, -0.15) is 0 Å². The number of diazo groups is 1. The Morgan fingerprint density at radius 2 is 1.55 bits per heavy atom. The van der Waals surface area contributed by atoms with Crippen molar-refractivity contribution in [1.29, 1.82) is 5.39 Å². The highest BCUT2D eigenvalue weighted by Gasteiger charge is 2.18. The Hall–Kier alpha value is -1.36. The van der Waals surface area contributed by atoms with Gasteiger partial charge in [0.05, 0.1) is 15.9 Å². The molecule has 116 valence electrons. The molecule has 2 aromatic rings. The van der Waals surface area contributed by atoms with E-state index in [-0.39, 0.29) is 15.7 Å². The predicted molar refractivity (Wildman–Crippen MR) is 86.1 cm³/mol. The molecule has 0 spiro atoms. The first kappa shape index (κ1) is 18.7. The maximum Gasteiger partial charge on any atom is 0.421 e. The Morgan fingerprint density at radius 1 is 1.05 bits per heavy atom. The van der Waals surface area contributed by atoms with Gasteiger partial charge >= 0.3 is 5.69 Å². The van der Waals surface area contributed by atoms with Crippen molar-refractivity contribution in [2.75, 3.05) is 0 Å². The number of rotatable bonds is 2. The molecule has 0 saturated carbocycles. The lowest BCUT2D eigenvalue weighted by atomic mass is 10.2. The fraction of sp³-hybridized carbons (Fsp3) is 0.0769. The number of benzene rings is 2. The van der Waals surface area contributed by atoms with Crippen molar-refractivity contribution < 1.29 is 13.0 Å². The molecule has 0 atom stereocenters. The van der Waals surface area contributed by atoms with Gasteiger partial charge in [0.25, 0.3) is 0 Å². The third-order valence-electron chi connectivity index (χ3n) is 2.27. The van der Waals surface area contributed by atoms with Crippen molar-refractivity contribution in [3.63, 3.8) is 0 Å². The maximum absolute atomic E-state index is 10.2. The summed E-state index contributed by atoms with van der Waals surface area (Å²) in [7, 11) is -4.13. The quantitative estimate of drug-likeness (QED) is 0.550. The molecule has 0 aromatic heterocycles.